The minimum absolute atomic E-state index is 0.144. The summed E-state index contributed by atoms with van der Waals surface area (Å²) in [6.45, 7) is 1.73. The molecule has 0 aliphatic rings. The van der Waals surface area contributed by atoms with Crippen molar-refractivity contribution in [2.45, 2.75) is 11.9 Å². The quantitative estimate of drug-likeness (QED) is 0.718. The molecule has 1 rings (SSSR count). The first-order chi connectivity index (χ1) is 5.41. The highest BCUT2D eigenvalue weighted by Gasteiger charge is 2.17. The molecule has 0 atom stereocenters. The van der Waals surface area contributed by atoms with Crippen LogP contribution >= 0.6 is 15.9 Å². The van der Waals surface area contributed by atoms with Gasteiger partial charge in [0.15, 0.2) is 0 Å². The second kappa shape index (κ2) is 3.10. The van der Waals surface area contributed by atoms with E-state index in [-0.39, 0.29) is 4.47 Å². The van der Waals surface area contributed by atoms with Crippen molar-refractivity contribution in [1.82, 2.24) is 4.98 Å². The Hall–Kier alpha value is -0.490. The van der Waals surface area contributed by atoms with E-state index in [0.29, 0.717) is 0 Å². The minimum Gasteiger partial charge on any atom is -0.241 e. The standard InChI is InChI=1S/C6H5BrFNO2S/c1-4-2-5(7)6(9-3-4)12(8,10)11/h2-3H,1H3. The van der Waals surface area contributed by atoms with Crippen molar-refractivity contribution in [3.63, 3.8) is 0 Å². The second-order valence-corrected chi connectivity index (χ2v) is 4.35. The smallest absolute Gasteiger partial charge is 0.241 e. The van der Waals surface area contributed by atoms with E-state index >= 15 is 0 Å². The molecule has 0 aliphatic heterocycles. The van der Waals surface area contributed by atoms with Crippen LogP contribution in [-0.2, 0) is 10.2 Å². The summed E-state index contributed by atoms with van der Waals surface area (Å²) in [7, 11) is -4.71. The van der Waals surface area contributed by atoms with E-state index in [9.17, 15) is 12.3 Å². The zero-order chi connectivity index (χ0) is 9.35. The maximum atomic E-state index is 12.4. The molecule has 0 spiro atoms. The summed E-state index contributed by atoms with van der Waals surface area (Å²) in [6.07, 6.45) is 1.29. The van der Waals surface area contributed by atoms with Gasteiger partial charge in [0.05, 0.1) is 4.47 Å². The predicted octanol–water partition coefficient (Wildman–Crippen LogP) is 1.81. The molecule has 1 heterocycles. The van der Waals surface area contributed by atoms with Crippen LogP contribution < -0.4 is 0 Å². The van der Waals surface area contributed by atoms with Crippen LogP contribution in [0.15, 0.2) is 21.8 Å². The van der Waals surface area contributed by atoms with Gasteiger partial charge >= 0.3 is 10.2 Å². The number of hydrogen-bond donors (Lipinski definition) is 0. The third kappa shape index (κ3) is 2.01. The Morgan fingerprint density at radius 1 is 1.58 bits per heavy atom. The van der Waals surface area contributed by atoms with Crippen molar-refractivity contribution in [2.75, 3.05) is 0 Å². The largest absolute Gasteiger partial charge is 0.350 e. The number of pyridine rings is 1. The van der Waals surface area contributed by atoms with Crippen LogP contribution in [0.3, 0.4) is 0 Å². The topological polar surface area (TPSA) is 47.0 Å². The van der Waals surface area contributed by atoms with Crippen molar-refractivity contribution < 1.29 is 12.3 Å². The Bertz CT molecular complexity index is 404. The first-order valence-corrected chi connectivity index (χ1v) is 5.16. The first-order valence-electron chi connectivity index (χ1n) is 2.98. The summed E-state index contributed by atoms with van der Waals surface area (Å²) in [4.78, 5) is 3.44. The molecule has 1 aromatic rings. The normalized spacial score (nSPS) is 11.6. The van der Waals surface area contributed by atoms with Crippen molar-refractivity contribution in [1.29, 1.82) is 0 Å². The Balaban J connectivity index is 3.39. The molecule has 0 radical (unpaired) electrons. The SMILES string of the molecule is Cc1cnc(S(=O)(=O)F)c(Br)c1. The molecule has 0 fully saturated rings. The number of hydrogen-bond acceptors (Lipinski definition) is 3. The third-order valence-corrected chi connectivity index (χ3v) is 2.83. The average molecular weight is 254 g/mol. The summed E-state index contributed by atoms with van der Waals surface area (Å²) in [5.41, 5.74) is 0.759. The number of aromatic nitrogens is 1. The van der Waals surface area contributed by atoms with Crippen LogP contribution in [0.2, 0.25) is 0 Å². The van der Waals surface area contributed by atoms with Gasteiger partial charge in [-0.1, -0.05) is 3.89 Å². The van der Waals surface area contributed by atoms with Gasteiger partial charge in [-0.3, -0.25) is 0 Å². The Morgan fingerprint density at radius 3 is 2.58 bits per heavy atom. The number of halogens is 2. The zero-order valence-electron chi connectivity index (χ0n) is 6.08. The van der Waals surface area contributed by atoms with E-state index < -0.39 is 15.2 Å². The summed E-state index contributed by atoms with van der Waals surface area (Å²) >= 11 is 2.90. The first kappa shape index (κ1) is 9.60. The number of rotatable bonds is 1. The van der Waals surface area contributed by atoms with E-state index in [1.165, 1.54) is 12.3 Å². The molecule has 0 amide bonds. The average Bonchev–Trinajstić information content (AvgIpc) is 1.83. The molecule has 6 heteroatoms. The lowest BCUT2D eigenvalue weighted by Gasteiger charge is -1.98. The molecule has 0 bridgehead atoms. The minimum atomic E-state index is -4.71. The molecule has 1 aromatic heterocycles. The van der Waals surface area contributed by atoms with Gasteiger partial charge in [-0.2, -0.15) is 8.42 Å². The van der Waals surface area contributed by atoms with E-state index in [0.717, 1.165) is 5.56 Å². The summed E-state index contributed by atoms with van der Waals surface area (Å²) < 4.78 is 33.3. The van der Waals surface area contributed by atoms with Gasteiger partial charge in [0.1, 0.15) is 0 Å². The second-order valence-electron chi connectivity index (χ2n) is 2.24. The van der Waals surface area contributed by atoms with Crippen molar-refractivity contribution in [3.05, 3.63) is 22.3 Å². The molecule has 0 unspecified atom stereocenters. The third-order valence-electron chi connectivity index (χ3n) is 1.18. The Kier molecular flexibility index (Phi) is 2.48. The van der Waals surface area contributed by atoms with Crippen LogP contribution in [0.5, 0.6) is 0 Å². The highest BCUT2D eigenvalue weighted by molar-refractivity contribution is 9.10. The van der Waals surface area contributed by atoms with Crippen LogP contribution in [0, 0.1) is 6.92 Å². The van der Waals surface area contributed by atoms with Gasteiger partial charge in [-0.25, -0.2) is 4.98 Å². The fraction of sp³-hybridized carbons (Fsp3) is 0.167. The Morgan fingerprint density at radius 2 is 2.17 bits per heavy atom. The van der Waals surface area contributed by atoms with Crippen molar-refractivity contribution in [3.8, 4) is 0 Å². The lowest BCUT2D eigenvalue weighted by molar-refractivity contribution is 0.547. The zero-order valence-corrected chi connectivity index (χ0v) is 8.49. The fourth-order valence-electron chi connectivity index (χ4n) is 0.700. The number of nitrogens with zero attached hydrogens (tertiary/aromatic N) is 1. The molecule has 66 valence electrons. The van der Waals surface area contributed by atoms with Gasteiger partial charge in [0, 0.05) is 6.20 Å². The molecule has 0 aromatic carbocycles. The van der Waals surface area contributed by atoms with Crippen LogP contribution in [-0.4, -0.2) is 13.4 Å². The van der Waals surface area contributed by atoms with Crippen LogP contribution in [0.4, 0.5) is 3.89 Å². The maximum Gasteiger partial charge on any atom is 0.350 e. The molecule has 0 saturated carbocycles. The molecule has 12 heavy (non-hydrogen) atoms. The summed E-state index contributed by atoms with van der Waals surface area (Å²) in [5.74, 6) is 0. The molecule has 0 saturated heterocycles. The van der Waals surface area contributed by atoms with E-state index in [1.807, 2.05) is 0 Å². The number of aryl methyl sites for hydroxylation is 1. The van der Waals surface area contributed by atoms with E-state index in [4.69, 9.17) is 0 Å². The monoisotopic (exact) mass is 253 g/mol. The lowest BCUT2D eigenvalue weighted by atomic mass is 10.3. The molecular formula is C6H5BrFNO2S. The lowest BCUT2D eigenvalue weighted by Crippen LogP contribution is -1.97. The fourth-order valence-corrected chi connectivity index (χ4v) is 2.21. The molecule has 0 aliphatic carbocycles. The van der Waals surface area contributed by atoms with Crippen LogP contribution in [0.1, 0.15) is 5.56 Å². The van der Waals surface area contributed by atoms with E-state index in [2.05, 4.69) is 20.9 Å². The maximum absolute atomic E-state index is 12.4. The van der Waals surface area contributed by atoms with Crippen molar-refractivity contribution in [2.24, 2.45) is 0 Å². The molecule has 3 nitrogen and oxygen atoms in total. The summed E-state index contributed by atoms with van der Waals surface area (Å²) in [6, 6.07) is 1.49. The van der Waals surface area contributed by atoms with Gasteiger partial charge in [-0.15, -0.1) is 0 Å². The predicted molar refractivity (Wildman–Crippen MR) is 45.0 cm³/mol. The molecular weight excluding hydrogens is 249 g/mol. The van der Waals surface area contributed by atoms with Gasteiger partial charge in [0.25, 0.3) is 0 Å². The van der Waals surface area contributed by atoms with E-state index in [1.54, 1.807) is 6.92 Å². The van der Waals surface area contributed by atoms with Gasteiger partial charge in [0.2, 0.25) is 5.03 Å². The highest BCUT2D eigenvalue weighted by Crippen LogP contribution is 2.21. The summed E-state index contributed by atoms with van der Waals surface area (Å²) in [5, 5.41) is -0.576. The molecule has 0 N–H and O–H groups in total. The van der Waals surface area contributed by atoms with Crippen molar-refractivity contribution >= 4 is 26.2 Å². The van der Waals surface area contributed by atoms with Crippen LogP contribution in [0.25, 0.3) is 0 Å². The van der Waals surface area contributed by atoms with Gasteiger partial charge in [-0.05, 0) is 34.5 Å². The van der Waals surface area contributed by atoms with Gasteiger partial charge < -0.3 is 0 Å². The highest BCUT2D eigenvalue weighted by atomic mass is 79.9. The Labute approximate surface area is 78.0 Å².